The zero-order chi connectivity index (χ0) is 18.4. The zero-order valence-corrected chi connectivity index (χ0v) is 14.9. The maximum Gasteiger partial charge on any atom is 0.306 e. The van der Waals surface area contributed by atoms with Gasteiger partial charge in [-0.25, -0.2) is 5.43 Å². The van der Waals surface area contributed by atoms with Gasteiger partial charge in [0, 0.05) is 30.0 Å². The second-order valence-corrected chi connectivity index (χ2v) is 7.15. The van der Waals surface area contributed by atoms with Crippen molar-refractivity contribution in [2.45, 2.75) is 44.5 Å². The first-order chi connectivity index (χ1) is 12.5. The molecule has 2 aromatic rings. The van der Waals surface area contributed by atoms with E-state index in [9.17, 15) is 14.7 Å². The largest absolute Gasteiger partial charge is 0.469 e. The average molecular weight is 357 g/mol. The molecule has 1 fully saturated rings. The molecule has 2 aliphatic heterocycles. The number of nitrogens with zero attached hydrogens (tertiary/aromatic N) is 1. The highest BCUT2D eigenvalue weighted by Crippen LogP contribution is 2.35. The van der Waals surface area contributed by atoms with Crippen LogP contribution in [0.1, 0.15) is 30.4 Å². The summed E-state index contributed by atoms with van der Waals surface area (Å²) >= 11 is 0. The van der Waals surface area contributed by atoms with Crippen LogP contribution in [0.2, 0.25) is 0 Å². The average Bonchev–Trinajstić information content (AvgIpc) is 3.21. The highest BCUT2D eigenvalue weighted by molar-refractivity contribution is 5.84. The number of aliphatic hydroxyl groups is 1. The summed E-state index contributed by atoms with van der Waals surface area (Å²) in [5, 5.41) is 11.4. The topological polar surface area (TPSA) is 92.6 Å². The van der Waals surface area contributed by atoms with E-state index in [0.29, 0.717) is 12.1 Å². The molecule has 4 atom stereocenters. The Hall–Kier alpha value is -2.22. The summed E-state index contributed by atoms with van der Waals surface area (Å²) in [7, 11) is 1.34. The summed E-state index contributed by atoms with van der Waals surface area (Å²) in [5.74, 6) is -1.16. The van der Waals surface area contributed by atoms with Crippen LogP contribution in [-0.2, 0) is 22.5 Å². The van der Waals surface area contributed by atoms with Crippen molar-refractivity contribution in [3.8, 4) is 0 Å². The summed E-state index contributed by atoms with van der Waals surface area (Å²) in [6.07, 6.45) is 0.0370. The first-order valence-electron chi connectivity index (χ1n) is 8.92. The van der Waals surface area contributed by atoms with Crippen LogP contribution in [0.25, 0.3) is 10.9 Å². The van der Waals surface area contributed by atoms with E-state index in [1.807, 2.05) is 31.2 Å². The molecule has 3 N–H and O–H groups in total. The summed E-state index contributed by atoms with van der Waals surface area (Å²) < 4.78 is 6.66. The molecule has 1 aromatic carbocycles. The minimum Gasteiger partial charge on any atom is -0.469 e. The number of benzene rings is 1. The standard InChI is InChI=1S/C19H23N3O4/c1-10-16(18(24)21-20-10)13(9-15(23)26-2)14-8-12-5-3-4-11-6-7-22(17(11)12)19(14)25/h3-5,8,10,13,16,18,20-21,24H,6-7,9H2,1-2H3. The van der Waals surface area contributed by atoms with E-state index in [1.165, 1.54) is 12.7 Å². The number of aryl methyl sites for hydroxylation is 2. The molecule has 138 valence electrons. The number of hydrogen-bond acceptors (Lipinski definition) is 6. The molecule has 0 amide bonds. The van der Waals surface area contributed by atoms with Gasteiger partial charge in [0.05, 0.1) is 19.0 Å². The Balaban J connectivity index is 1.88. The van der Waals surface area contributed by atoms with Crippen LogP contribution in [0, 0.1) is 5.92 Å². The number of esters is 1. The highest BCUT2D eigenvalue weighted by Gasteiger charge is 2.41. The molecule has 0 bridgehead atoms. The van der Waals surface area contributed by atoms with Crippen LogP contribution < -0.4 is 16.4 Å². The van der Waals surface area contributed by atoms with E-state index in [4.69, 9.17) is 4.74 Å². The number of rotatable bonds is 4. The van der Waals surface area contributed by atoms with Gasteiger partial charge in [-0.1, -0.05) is 18.2 Å². The summed E-state index contributed by atoms with van der Waals surface area (Å²) in [5.41, 5.74) is 8.43. The van der Waals surface area contributed by atoms with Gasteiger partial charge in [-0.3, -0.25) is 15.0 Å². The van der Waals surface area contributed by atoms with E-state index >= 15 is 0 Å². The van der Waals surface area contributed by atoms with E-state index in [1.54, 1.807) is 4.57 Å². The van der Waals surface area contributed by atoms with Crippen LogP contribution in [0.3, 0.4) is 0 Å². The second kappa shape index (κ2) is 6.50. The number of nitrogens with one attached hydrogen (secondary N) is 2. The fourth-order valence-corrected chi connectivity index (χ4v) is 4.42. The molecule has 3 heterocycles. The van der Waals surface area contributed by atoms with Gasteiger partial charge in [-0.2, -0.15) is 0 Å². The highest BCUT2D eigenvalue weighted by atomic mass is 16.5. The minimum absolute atomic E-state index is 0.0480. The summed E-state index contributed by atoms with van der Waals surface area (Å²) in [6.45, 7) is 2.57. The number of pyridine rings is 1. The van der Waals surface area contributed by atoms with Crippen molar-refractivity contribution in [1.29, 1.82) is 0 Å². The fourth-order valence-electron chi connectivity index (χ4n) is 4.42. The summed E-state index contributed by atoms with van der Waals surface area (Å²) in [6, 6.07) is 7.82. The monoisotopic (exact) mass is 357 g/mol. The van der Waals surface area contributed by atoms with Crippen molar-refractivity contribution in [2.75, 3.05) is 7.11 Å². The molecule has 4 rings (SSSR count). The second-order valence-electron chi connectivity index (χ2n) is 7.15. The predicted molar refractivity (Wildman–Crippen MR) is 96.5 cm³/mol. The smallest absolute Gasteiger partial charge is 0.306 e. The normalized spacial score (nSPS) is 25.6. The molecule has 0 saturated carbocycles. The maximum absolute atomic E-state index is 13.2. The first kappa shape index (κ1) is 17.2. The molecule has 1 saturated heterocycles. The first-order valence-corrected chi connectivity index (χ1v) is 8.92. The number of hydrazine groups is 1. The maximum atomic E-state index is 13.2. The Labute approximate surface area is 150 Å². The van der Waals surface area contributed by atoms with E-state index < -0.39 is 18.1 Å². The van der Waals surface area contributed by atoms with Crippen molar-refractivity contribution in [2.24, 2.45) is 5.92 Å². The van der Waals surface area contributed by atoms with E-state index in [0.717, 1.165) is 17.3 Å². The van der Waals surface area contributed by atoms with E-state index in [-0.39, 0.29) is 23.9 Å². The predicted octanol–water partition coefficient (Wildman–Crippen LogP) is 0.635. The molecular formula is C19H23N3O4. The van der Waals surface area contributed by atoms with Gasteiger partial charge in [0.2, 0.25) is 0 Å². The van der Waals surface area contributed by atoms with Crippen molar-refractivity contribution < 1.29 is 14.6 Å². The number of carbonyl (C=O) groups excluding carboxylic acids is 1. The van der Waals surface area contributed by atoms with Gasteiger partial charge in [0.1, 0.15) is 6.23 Å². The molecular weight excluding hydrogens is 334 g/mol. The fraction of sp³-hybridized carbons (Fsp3) is 0.474. The Bertz CT molecular complexity index is 913. The number of methoxy groups -OCH3 is 1. The van der Waals surface area contributed by atoms with E-state index in [2.05, 4.69) is 10.9 Å². The number of carbonyl (C=O) groups is 1. The number of ether oxygens (including phenoxy) is 1. The van der Waals surface area contributed by atoms with Crippen molar-refractivity contribution in [1.82, 2.24) is 15.4 Å². The van der Waals surface area contributed by atoms with Crippen LogP contribution in [0.5, 0.6) is 0 Å². The lowest BCUT2D eigenvalue weighted by molar-refractivity contribution is -0.141. The van der Waals surface area contributed by atoms with Crippen LogP contribution >= 0.6 is 0 Å². The van der Waals surface area contributed by atoms with Crippen LogP contribution in [0.15, 0.2) is 29.1 Å². The number of para-hydroxylation sites is 1. The lowest BCUT2D eigenvalue weighted by Crippen LogP contribution is -2.36. The number of aromatic nitrogens is 1. The van der Waals surface area contributed by atoms with Crippen molar-refractivity contribution in [3.63, 3.8) is 0 Å². The van der Waals surface area contributed by atoms with Gasteiger partial charge in [-0.15, -0.1) is 0 Å². The Morgan fingerprint density at radius 1 is 1.42 bits per heavy atom. The van der Waals surface area contributed by atoms with Gasteiger partial charge in [0.15, 0.2) is 0 Å². The molecule has 2 aliphatic rings. The molecule has 0 spiro atoms. The third-order valence-electron chi connectivity index (χ3n) is 5.71. The molecule has 0 radical (unpaired) electrons. The van der Waals surface area contributed by atoms with Crippen molar-refractivity contribution >= 4 is 16.9 Å². The molecule has 4 unspecified atom stereocenters. The molecule has 0 aliphatic carbocycles. The lowest BCUT2D eigenvalue weighted by atomic mass is 9.79. The molecule has 1 aromatic heterocycles. The van der Waals surface area contributed by atoms with Crippen molar-refractivity contribution in [3.05, 3.63) is 45.7 Å². The molecule has 26 heavy (non-hydrogen) atoms. The Morgan fingerprint density at radius 2 is 2.23 bits per heavy atom. The van der Waals surface area contributed by atoms with Crippen LogP contribution in [0.4, 0.5) is 0 Å². The van der Waals surface area contributed by atoms with Crippen LogP contribution in [-0.4, -0.2) is 35.0 Å². The van der Waals surface area contributed by atoms with Gasteiger partial charge in [0.25, 0.3) is 5.56 Å². The number of aliphatic hydroxyl groups excluding tert-OH is 1. The zero-order valence-electron chi connectivity index (χ0n) is 14.9. The van der Waals surface area contributed by atoms with Gasteiger partial charge < -0.3 is 14.4 Å². The summed E-state index contributed by atoms with van der Waals surface area (Å²) in [4.78, 5) is 25.3. The Morgan fingerprint density at radius 3 is 2.92 bits per heavy atom. The SMILES string of the molecule is COC(=O)CC(c1cc2cccc3c2n(c1=O)CC3)C1C(C)NNC1O. The van der Waals surface area contributed by atoms with Gasteiger partial charge in [-0.05, 0) is 30.4 Å². The lowest BCUT2D eigenvalue weighted by Gasteiger charge is -2.27. The number of hydrogen-bond donors (Lipinski definition) is 3. The third kappa shape index (κ3) is 2.63. The Kier molecular flexibility index (Phi) is 4.30. The quantitative estimate of drug-likeness (QED) is 0.696. The van der Waals surface area contributed by atoms with Gasteiger partial charge >= 0.3 is 5.97 Å². The molecule has 7 nitrogen and oxygen atoms in total. The third-order valence-corrected chi connectivity index (χ3v) is 5.71. The minimum atomic E-state index is -0.848. The molecule has 7 heteroatoms.